The Balaban J connectivity index is 0.00000324. The van der Waals surface area contributed by atoms with Crippen LogP contribution in [0, 0.1) is 6.07 Å². The van der Waals surface area contributed by atoms with Gasteiger partial charge < -0.3 is 9.64 Å². The molecule has 0 radical (unpaired) electrons. The van der Waals surface area contributed by atoms with Crippen LogP contribution >= 0.6 is 0 Å². The van der Waals surface area contributed by atoms with Crippen LogP contribution in [0.25, 0.3) is 0 Å². The maximum absolute atomic E-state index is 12.4. The van der Waals surface area contributed by atoms with Gasteiger partial charge in [-0.3, -0.25) is 4.79 Å². The third-order valence-corrected chi connectivity index (χ3v) is 3.08. The zero-order valence-corrected chi connectivity index (χ0v) is 12.9. The van der Waals surface area contributed by atoms with E-state index in [0.717, 1.165) is 24.2 Å². The first-order valence-electron chi connectivity index (χ1n) is 6.43. The summed E-state index contributed by atoms with van der Waals surface area (Å²) in [7, 11) is 1.61. The fourth-order valence-corrected chi connectivity index (χ4v) is 1.95. The first-order chi connectivity index (χ1) is 8.54. The average molecular weight is 255 g/mol. The van der Waals surface area contributed by atoms with Crippen molar-refractivity contribution >= 4 is 5.91 Å². The average Bonchev–Trinajstić information content (AvgIpc) is 2.39. The predicted octanol–water partition coefficient (Wildman–Crippen LogP) is 0.105. The molecule has 19 heavy (non-hydrogen) atoms. The van der Waals surface area contributed by atoms with E-state index < -0.39 is 0 Å². The second-order valence-electron chi connectivity index (χ2n) is 4.50. The van der Waals surface area contributed by atoms with Crippen molar-refractivity contribution in [3.63, 3.8) is 0 Å². The van der Waals surface area contributed by atoms with Crippen LogP contribution < -0.4 is 23.6 Å². The van der Waals surface area contributed by atoms with Crippen LogP contribution in [0.5, 0.6) is 5.75 Å². The number of amides is 1. The summed E-state index contributed by atoms with van der Waals surface area (Å²) in [4.78, 5) is 14.2. The molecule has 1 amide bonds. The molecule has 1 aromatic rings. The van der Waals surface area contributed by atoms with E-state index in [-0.39, 0.29) is 30.7 Å². The van der Waals surface area contributed by atoms with E-state index >= 15 is 0 Å². The monoisotopic (exact) mass is 255 g/mol. The Morgan fingerprint density at radius 3 is 2.37 bits per heavy atom. The molecule has 100 valence electrons. The Labute approximate surface area is 128 Å². The SMILES string of the molecule is CCN(CC)C(=O)c1c[c-]c(OC)cc1C(C)C.[Li+]. The van der Waals surface area contributed by atoms with Crippen LogP contribution in [0.4, 0.5) is 0 Å². The summed E-state index contributed by atoms with van der Waals surface area (Å²) in [6.45, 7) is 9.58. The molecule has 0 aromatic heterocycles. The topological polar surface area (TPSA) is 29.5 Å². The van der Waals surface area contributed by atoms with Crippen molar-refractivity contribution < 1.29 is 28.4 Å². The molecule has 0 saturated carbocycles. The smallest absolute Gasteiger partial charge is 0.523 e. The largest absolute Gasteiger partial charge is 1.00 e. The Morgan fingerprint density at radius 2 is 1.95 bits per heavy atom. The summed E-state index contributed by atoms with van der Waals surface area (Å²) in [5.41, 5.74) is 1.75. The Bertz CT molecular complexity index is 415. The first-order valence-corrected chi connectivity index (χ1v) is 6.43. The van der Waals surface area contributed by atoms with E-state index in [1.165, 1.54) is 0 Å². The van der Waals surface area contributed by atoms with Crippen LogP contribution in [0.3, 0.4) is 0 Å². The predicted molar refractivity (Wildman–Crippen MR) is 73.2 cm³/mol. The number of nitrogens with zero attached hydrogens (tertiary/aromatic N) is 1. The zero-order chi connectivity index (χ0) is 13.7. The number of benzene rings is 1. The molecule has 4 heteroatoms. The van der Waals surface area contributed by atoms with Crippen LogP contribution in [-0.2, 0) is 0 Å². The Kier molecular flexibility index (Phi) is 7.90. The van der Waals surface area contributed by atoms with Gasteiger partial charge in [0.05, 0.1) is 7.11 Å². The van der Waals surface area contributed by atoms with Gasteiger partial charge in [0, 0.05) is 18.8 Å². The van der Waals surface area contributed by atoms with Crippen LogP contribution in [0.2, 0.25) is 0 Å². The molecule has 0 unspecified atom stereocenters. The molecule has 0 atom stereocenters. The van der Waals surface area contributed by atoms with Gasteiger partial charge in [-0.15, -0.1) is 17.7 Å². The van der Waals surface area contributed by atoms with E-state index in [2.05, 4.69) is 19.9 Å². The Hall–Kier alpha value is -0.913. The summed E-state index contributed by atoms with van der Waals surface area (Å²) in [5.74, 6) is 1.03. The van der Waals surface area contributed by atoms with Crippen LogP contribution in [-0.4, -0.2) is 31.0 Å². The fraction of sp³-hybridized carbons (Fsp3) is 0.533. The third-order valence-electron chi connectivity index (χ3n) is 3.08. The summed E-state index contributed by atoms with van der Waals surface area (Å²) in [6.07, 6.45) is 0. The van der Waals surface area contributed by atoms with Gasteiger partial charge in [0.1, 0.15) is 0 Å². The quantitative estimate of drug-likeness (QED) is 0.552. The number of carbonyl (C=O) groups is 1. The summed E-state index contributed by atoms with van der Waals surface area (Å²) < 4.78 is 5.17. The number of rotatable bonds is 5. The van der Waals surface area contributed by atoms with Gasteiger partial charge in [-0.1, -0.05) is 19.4 Å². The van der Waals surface area contributed by atoms with Crippen molar-refractivity contribution in [1.82, 2.24) is 4.90 Å². The molecule has 1 rings (SSSR count). The molecule has 0 saturated heterocycles. The second kappa shape index (κ2) is 8.30. The molecule has 0 bridgehead atoms. The van der Waals surface area contributed by atoms with Crippen molar-refractivity contribution in [3.05, 3.63) is 29.3 Å². The number of hydrogen-bond donors (Lipinski definition) is 0. The third kappa shape index (κ3) is 4.30. The van der Waals surface area contributed by atoms with E-state index in [1.54, 1.807) is 13.2 Å². The molecule has 0 aliphatic rings. The van der Waals surface area contributed by atoms with Gasteiger partial charge in [-0.2, -0.15) is 6.07 Å². The normalized spacial score (nSPS) is 10.0. The summed E-state index contributed by atoms with van der Waals surface area (Å²) in [6, 6.07) is 6.65. The maximum Gasteiger partial charge on any atom is 1.00 e. The minimum absolute atomic E-state index is 0. The van der Waals surface area contributed by atoms with Gasteiger partial charge in [0.2, 0.25) is 0 Å². The molecular formula is C15H22LiNO2. The summed E-state index contributed by atoms with van der Waals surface area (Å²) in [5, 5.41) is 0. The van der Waals surface area contributed by atoms with E-state index in [9.17, 15) is 4.79 Å². The molecule has 0 aliphatic heterocycles. The molecule has 3 nitrogen and oxygen atoms in total. The van der Waals surface area contributed by atoms with Gasteiger partial charge in [0.25, 0.3) is 0 Å². The van der Waals surface area contributed by atoms with Crippen molar-refractivity contribution in [2.24, 2.45) is 0 Å². The molecular weight excluding hydrogens is 233 g/mol. The van der Waals surface area contributed by atoms with Gasteiger partial charge in [-0.25, -0.2) is 0 Å². The van der Waals surface area contributed by atoms with Crippen molar-refractivity contribution in [2.75, 3.05) is 20.2 Å². The van der Waals surface area contributed by atoms with E-state index in [4.69, 9.17) is 4.74 Å². The van der Waals surface area contributed by atoms with Crippen LogP contribution in [0.1, 0.15) is 49.5 Å². The number of hydrogen-bond acceptors (Lipinski definition) is 2. The number of carbonyl (C=O) groups excluding carboxylic acids is 1. The first kappa shape index (κ1) is 18.1. The van der Waals surface area contributed by atoms with Crippen LogP contribution in [0.15, 0.2) is 12.1 Å². The zero-order valence-electron chi connectivity index (χ0n) is 12.9. The van der Waals surface area contributed by atoms with Crippen molar-refractivity contribution in [1.29, 1.82) is 0 Å². The molecule has 0 aliphatic carbocycles. The van der Waals surface area contributed by atoms with Gasteiger partial charge in [-0.05, 0) is 19.8 Å². The van der Waals surface area contributed by atoms with E-state index in [1.807, 2.05) is 24.8 Å². The fourth-order valence-electron chi connectivity index (χ4n) is 1.95. The molecule has 0 spiro atoms. The van der Waals surface area contributed by atoms with Gasteiger partial charge in [0.15, 0.2) is 5.91 Å². The molecule has 0 N–H and O–H groups in total. The minimum atomic E-state index is 0. The summed E-state index contributed by atoms with van der Waals surface area (Å²) >= 11 is 0. The number of methoxy groups -OCH3 is 1. The number of ether oxygens (including phenoxy) is 1. The standard InChI is InChI=1S/C15H22NO2.Li/c1-6-16(7-2)15(17)13-9-8-12(18-5)10-14(13)11(3)4;/h9-11H,6-7H2,1-5H3;/q-1;+1. The van der Waals surface area contributed by atoms with Crippen molar-refractivity contribution in [3.8, 4) is 5.75 Å². The van der Waals surface area contributed by atoms with Gasteiger partial charge >= 0.3 is 18.9 Å². The molecule has 0 heterocycles. The maximum atomic E-state index is 12.4. The second-order valence-corrected chi connectivity index (χ2v) is 4.50. The Morgan fingerprint density at radius 1 is 1.37 bits per heavy atom. The minimum Gasteiger partial charge on any atom is -0.523 e. The molecule has 1 aromatic carbocycles. The van der Waals surface area contributed by atoms with Crippen molar-refractivity contribution in [2.45, 2.75) is 33.6 Å². The van der Waals surface area contributed by atoms with E-state index in [0.29, 0.717) is 5.75 Å². The molecule has 0 fully saturated rings.